The first-order valence-electron chi connectivity index (χ1n) is 7.19. The van der Waals surface area contributed by atoms with E-state index < -0.39 is 0 Å². The zero-order valence-corrected chi connectivity index (χ0v) is 12.5. The van der Waals surface area contributed by atoms with Gasteiger partial charge in [0.25, 0.3) is 0 Å². The third-order valence-corrected chi connectivity index (χ3v) is 5.24. The third kappa shape index (κ3) is 3.12. The van der Waals surface area contributed by atoms with Crippen LogP contribution in [0.15, 0.2) is 5.38 Å². The molecule has 0 saturated heterocycles. The van der Waals surface area contributed by atoms with Crippen LogP contribution in [0.1, 0.15) is 42.4 Å². The molecule has 1 aromatic rings. The zero-order chi connectivity index (χ0) is 14.2. The van der Waals surface area contributed by atoms with E-state index in [1.165, 1.54) is 0 Å². The van der Waals surface area contributed by atoms with Gasteiger partial charge in [0.1, 0.15) is 5.01 Å². The smallest absolute Gasteiger partial charge is 0.315 e. The van der Waals surface area contributed by atoms with Crippen LogP contribution in [0.2, 0.25) is 0 Å². The topological polar surface area (TPSA) is 74.2 Å². The van der Waals surface area contributed by atoms with E-state index in [2.05, 4.69) is 15.6 Å². The number of hydrogen-bond acceptors (Lipinski definition) is 4. The number of rotatable bonds is 6. The van der Waals surface area contributed by atoms with Crippen molar-refractivity contribution in [3.8, 4) is 0 Å². The molecule has 1 heterocycles. The number of nitrogens with one attached hydrogen (secondary N) is 2. The average Bonchev–Trinajstić information content (AvgIpc) is 3.34. The number of aliphatic hydroxyl groups is 1. The van der Waals surface area contributed by atoms with Crippen LogP contribution < -0.4 is 10.6 Å². The molecule has 0 radical (unpaired) electrons. The fraction of sp³-hybridized carbons (Fsp3) is 0.714. The first-order chi connectivity index (χ1) is 9.62. The summed E-state index contributed by atoms with van der Waals surface area (Å²) in [5, 5.41) is 18.2. The molecule has 1 atom stereocenters. The average molecular weight is 295 g/mol. The highest BCUT2D eigenvalue weighted by Crippen LogP contribution is 2.44. The number of carbonyl (C=O) groups excluding carboxylic acids is 1. The summed E-state index contributed by atoms with van der Waals surface area (Å²) in [6, 6.07) is -0.104. The molecule has 3 rings (SSSR count). The van der Waals surface area contributed by atoms with E-state index in [9.17, 15) is 9.90 Å². The minimum Gasteiger partial charge on any atom is -0.396 e. The van der Waals surface area contributed by atoms with Gasteiger partial charge in [-0.25, -0.2) is 9.78 Å². The van der Waals surface area contributed by atoms with Gasteiger partial charge in [-0.15, -0.1) is 11.3 Å². The van der Waals surface area contributed by atoms with Gasteiger partial charge < -0.3 is 15.7 Å². The SMILES string of the molecule is Cc1csc([C@H](NC(=O)NCC2(CO)CC2)C2CC2)n1. The van der Waals surface area contributed by atoms with Gasteiger partial charge in [-0.2, -0.15) is 0 Å². The van der Waals surface area contributed by atoms with E-state index in [-0.39, 0.29) is 24.1 Å². The molecule has 3 N–H and O–H groups in total. The fourth-order valence-electron chi connectivity index (χ4n) is 2.35. The van der Waals surface area contributed by atoms with Crippen LogP contribution in [0, 0.1) is 18.3 Å². The Morgan fingerprint density at radius 2 is 2.35 bits per heavy atom. The second-order valence-electron chi connectivity index (χ2n) is 6.13. The Labute approximate surface area is 122 Å². The van der Waals surface area contributed by atoms with E-state index in [1.54, 1.807) is 11.3 Å². The highest BCUT2D eigenvalue weighted by molar-refractivity contribution is 7.09. The molecule has 0 spiro atoms. The summed E-state index contributed by atoms with van der Waals surface area (Å²) in [6.07, 6.45) is 4.32. The molecule has 2 aliphatic carbocycles. The van der Waals surface area contributed by atoms with Crippen molar-refractivity contribution in [2.24, 2.45) is 11.3 Å². The Hall–Kier alpha value is -1.14. The summed E-state index contributed by atoms with van der Waals surface area (Å²) in [5.74, 6) is 0.527. The van der Waals surface area contributed by atoms with Crippen molar-refractivity contribution in [2.45, 2.75) is 38.6 Å². The van der Waals surface area contributed by atoms with Crippen LogP contribution in [0.25, 0.3) is 0 Å². The number of thiazole rings is 1. The molecule has 0 aromatic carbocycles. The summed E-state index contributed by atoms with van der Waals surface area (Å²) >= 11 is 1.61. The van der Waals surface area contributed by atoms with Gasteiger partial charge in [0, 0.05) is 23.0 Å². The summed E-state index contributed by atoms with van der Waals surface area (Å²) in [7, 11) is 0. The lowest BCUT2D eigenvalue weighted by atomic mass is 10.1. The predicted octanol–water partition coefficient (Wildman–Crippen LogP) is 1.97. The number of nitrogens with zero attached hydrogens (tertiary/aromatic N) is 1. The van der Waals surface area contributed by atoms with Gasteiger partial charge in [-0.1, -0.05) is 0 Å². The number of aromatic nitrogens is 1. The predicted molar refractivity (Wildman–Crippen MR) is 77.6 cm³/mol. The standard InChI is InChI=1S/C14H21N3O2S/c1-9-6-20-12(16-9)11(10-2-3-10)17-13(19)15-7-14(8-18)4-5-14/h6,10-11,18H,2-5,7-8H2,1H3,(H2,15,17,19)/t11-/m1/s1. The Morgan fingerprint density at radius 1 is 1.60 bits per heavy atom. The minimum atomic E-state index is -0.144. The first kappa shape index (κ1) is 13.8. The molecule has 6 heteroatoms. The van der Waals surface area contributed by atoms with Gasteiger partial charge in [-0.05, 0) is 38.5 Å². The van der Waals surface area contributed by atoms with E-state index in [0.717, 1.165) is 36.4 Å². The van der Waals surface area contributed by atoms with E-state index in [0.29, 0.717) is 12.5 Å². The van der Waals surface area contributed by atoms with Crippen LogP contribution in [-0.4, -0.2) is 29.3 Å². The minimum absolute atomic E-state index is 0.0398. The number of carbonyl (C=O) groups is 1. The molecular formula is C14H21N3O2S. The zero-order valence-electron chi connectivity index (χ0n) is 11.7. The summed E-state index contributed by atoms with van der Waals surface area (Å²) in [4.78, 5) is 16.5. The molecule has 1 aromatic heterocycles. The van der Waals surface area contributed by atoms with Crippen molar-refractivity contribution in [3.63, 3.8) is 0 Å². The number of hydrogen-bond donors (Lipinski definition) is 3. The van der Waals surface area contributed by atoms with Crippen LogP contribution in [-0.2, 0) is 0 Å². The van der Waals surface area contributed by atoms with Crippen molar-refractivity contribution < 1.29 is 9.90 Å². The maximum atomic E-state index is 12.0. The maximum Gasteiger partial charge on any atom is 0.315 e. The normalized spacial score (nSPS) is 21.3. The molecule has 5 nitrogen and oxygen atoms in total. The Bertz CT molecular complexity index is 494. The maximum absolute atomic E-state index is 12.0. The third-order valence-electron chi connectivity index (χ3n) is 4.20. The Morgan fingerprint density at radius 3 is 2.85 bits per heavy atom. The quantitative estimate of drug-likeness (QED) is 0.751. The molecule has 2 saturated carbocycles. The van der Waals surface area contributed by atoms with Crippen LogP contribution in [0.4, 0.5) is 4.79 Å². The summed E-state index contributed by atoms with van der Waals surface area (Å²) < 4.78 is 0. The lowest BCUT2D eigenvalue weighted by molar-refractivity contribution is 0.201. The Kier molecular flexibility index (Phi) is 3.69. The van der Waals surface area contributed by atoms with Crippen molar-refractivity contribution in [1.82, 2.24) is 15.6 Å². The van der Waals surface area contributed by atoms with Crippen molar-refractivity contribution in [2.75, 3.05) is 13.2 Å². The lowest BCUT2D eigenvalue weighted by Crippen LogP contribution is -2.41. The Balaban J connectivity index is 1.55. The molecule has 2 amide bonds. The largest absolute Gasteiger partial charge is 0.396 e. The number of aryl methyl sites for hydroxylation is 1. The van der Waals surface area contributed by atoms with Gasteiger partial charge in [0.05, 0.1) is 12.6 Å². The molecule has 110 valence electrons. The molecule has 0 unspecified atom stereocenters. The molecular weight excluding hydrogens is 274 g/mol. The van der Waals surface area contributed by atoms with Crippen molar-refractivity contribution in [3.05, 3.63) is 16.1 Å². The van der Waals surface area contributed by atoms with E-state index in [1.807, 2.05) is 12.3 Å². The van der Waals surface area contributed by atoms with Crippen LogP contribution in [0.3, 0.4) is 0 Å². The highest BCUT2D eigenvalue weighted by atomic mass is 32.1. The highest BCUT2D eigenvalue weighted by Gasteiger charge is 2.42. The monoisotopic (exact) mass is 295 g/mol. The molecule has 20 heavy (non-hydrogen) atoms. The first-order valence-corrected chi connectivity index (χ1v) is 8.07. The van der Waals surface area contributed by atoms with E-state index in [4.69, 9.17) is 0 Å². The summed E-state index contributed by atoms with van der Waals surface area (Å²) in [6.45, 7) is 2.69. The second-order valence-corrected chi connectivity index (χ2v) is 7.02. The lowest BCUT2D eigenvalue weighted by Gasteiger charge is -2.18. The number of urea groups is 1. The van der Waals surface area contributed by atoms with Gasteiger partial charge in [0.15, 0.2) is 0 Å². The van der Waals surface area contributed by atoms with Crippen molar-refractivity contribution in [1.29, 1.82) is 0 Å². The number of amides is 2. The van der Waals surface area contributed by atoms with Gasteiger partial charge in [-0.3, -0.25) is 0 Å². The molecule has 0 aliphatic heterocycles. The van der Waals surface area contributed by atoms with Crippen molar-refractivity contribution >= 4 is 17.4 Å². The van der Waals surface area contributed by atoms with Gasteiger partial charge in [0.2, 0.25) is 0 Å². The molecule has 0 bridgehead atoms. The second kappa shape index (κ2) is 5.33. The molecule has 2 fully saturated rings. The number of aliphatic hydroxyl groups excluding tert-OH is 1. The summed E-state index contributed by atoms with van der Waals surface area (Å²) in [5.41, 5.74) is 0.958. The van der Waals surface area contributed by atoms with Crippen LogP contribution in [0.5, 0.6) is 0 Å². The van der Waals surface area contributed by atoms with E-state index >= 15 is 0 Å². The van der Waals surface area contributed by atoms with Crippen LogP contribution >= 0.6 is 11.3 Å². The van der Waals surface area contributed by atoms with Gasteiger partial charge >= 0.3 is 6.03 Å². The fourth-order valence-corrected chi connectivity index (χ4v) is 3.29. The molecule has 2 aliphatic rings.